The minimum absolute atomic E-state index is 0.252. The Morgan fingerprint density at radius 1 is 1.22 bits per heavy atom. The minimum atomic E-state index is -4.40. The van der Waals surface area contributed by atoms with E-state index in [9.17, 15) is 18.0 Å². The Balaban J connectivity index is 2.32. The van der Waals surface area contributed by atoms with Crippen LogP contribution in [0.3, 0.4) is 0 Å². The Bertz CT molecular complexity index is 517. The van der Waals surface area contributed by atoms with E-state index in [1.165, 1.54) is 7.05 Å². The van der Waals surface area contributed by atoms with Crippen molar-refractivity contribution in [1.82, 2.24) is 15.5 Å². The van der Waals surface area contributed by atoms with Gasteiger partial charge in [0.2, 0.25) is 5.91 Å². The fourth-order valence-corrected chi connectivity index (χ4v) is 1.84. The van der Waals surface area contributed by atoms with E-state index >= 15 is 0 Å². The topological polar surface area (TPSA) is 56.7 Å². The summed E-state index contributed by atoms with van der Waals surface area (Å²) in [5.41, 5.74) is 1.15. The molecule has 0 aromatic heterocycles. The molecule has 0 aliphatic rings. The van der Waals surface area contributed by atoms with E-state index in [2.05, 4.69) is 15.6 Å². The van der Waals surface area contributed by atoms with Gasteiger partial charge in [0, 0.05) is 20.6 Å². The van der Waals surface area contributed by atoms with Gasteiger partial charge in [-0.2, -0.15) is 13.2 Å². The van der Waals surface area contributed by atoms with Crippen LogP contribution in [0.4, 0.5) is 13.2 Å². The molecule has 0 bridgehead atoms. The van der Waals surface area contributed by atoms with Crippen LogP contribution in [-0.4, -0.2) is 56.7 Å². The lowest BCUT2D eigenvalue weighted by molar-refractivity contribution is -0.157. The molecule has 1 amide bonds. The van der Waals surface area contributed by atoms with Crippen LogP contribution in [0.15, 0.2) is 35.3 Å². The summed E-state index contributed by atoms with van der Waals surface area (Å²) in [5.74, 6) is -0.289. The summed E-state index contributed by atoms with van der Waals surface area (Å²) in [7, 11) is 2.64. The Morgan fingerprint density at radius 3 is 2.43 bits per heavy atom. The van der Waals surface area contributed by atoms with Crippen molar-refractivity contribution in [3.05, 3.63) is 35.9 Å². The number of hydrogen-bond acceptors (Lipinski definition) is 2. The highest BCUT2D eigenvalue weighted by atomic mass is 19.4. The molecule has 0 unspecified atom stereocenters. The van der Waals surface area contributed by atoms with Crippen LogP contribution in [0.2, 0.25) is 0 Å². The van der Waals surface area contributed by atoms with Crippen molar-refractivity contribution >= 4 is 11.9 Å². The minimum Gasteiger partial charge on any atom is -0.356 e. The third-order valence-electron chi connectivity index (χ3n) is 3.02. The monoisotopic (exact) mass is 330 g/mol. The van der Waals surface area contributed by atoms with Crippen LogP contribution in [0.5, 0.6) is 0 Å². The van der Waals surface area contributed by atoms with E-state index in [0.29, 0.717) is 17.4 Å². The van der Waals surface area contributed by atoms with E-state index in [1.807, 2.05) is 30.3 Å². The summed E-state index contributed by atoms with van der Waals surface area (Å²) in [4.78, 5) is 16.2. The van der Waals surface area contributed by atoms with Crippen LogP contribution < -0.4 is 10.6 Å². The second-order valence-corrected chi connectivity index (χ2v) is 4.95. The number of benzene rings is 1. The zero-order valence-electron chi connectivity index (χ0n) is 13.2. The molecule has 1 aromatic carbocycles. The summed E-state index contributed by atoms with van der Waals surface area (Å²) in [6.07, 6.45) is -3.64. The van der Waals surface area contributed by atoms with Crippen LogP contribution in [0.1, 0.15) is 5.56 Å². The number of rotatable bonds is 6. The number of aliphatic imine (C=N–C) groups is 1. The first kappa shape index (κ1) is 18.8. The molecule has 0 saturated heterocycles. The fourth-order valence-electron chi connectivity index (χ4n) is 1.84. The third kappa shape index (κ3) is 8.08. The van der Waals surface area contributed by atoms with Gasteiger partial charge in [-0.05, 0) is 12.0 Å². The quantitative estimate of drug-likeness (QED) is 0.613. The summed E-state index contributed by atoms with van der Waals surface area (Å²) in [6, 6.07) is 9.80. The first-order chi connectivity index (χ1) is 10.8. The van der Waals surface area contributed by atoms with Crippen molar-refractivity contribution in [2.45, 2.75) is 12.6 Å². The molecule has 0 atom stereocenters. The number of amides is 1. The van der Waals surface area contributed by atoms with Crippen molar-refractivity contribution in [3.8, 4) is 0 Å². The molecule has 1 aromatic rings. The highest BCUT2D eigenvalue weighted by molar-refractivity contribution is 5.86. The maximum Gasteiger partial charge on any atom is 0.406 e. The highest BCUT2D eigenvalue weighted by Crippen LogP contribution is 2.15. The van der Waals surface area contributed by atoms with Gasteiger partial charge in [-0.1, -0.05) is 30.3 Å². The normalized spacial score (nSPS) is 12.0. The van der Waals surface area contributed by atoms with Gasteiger partial charge in [0.15, 0.2) is 5.96 Å². The number of carbonyl (C=O) groups is 1. The number of alkyl halides is 3. The van der Waals surface area contributed by atoms with Crippen LogP contribution in [0, 0.1) is 0 Å². The zero-order valence-corrected chi connectivity index (χ0v) is 13.2. The van der Waals surface area contributed by atoms with Crippen molar-refractivity contribution in [3.63, 3.8) is 0 Å². The third-order valence-corrected chi connectivity index (χ3v) is 3.02. The predicted molar refractivity (Wildman–Crippen MR) is 83.2 cm³/mol. The van der Waals surface area contributed by atoms with Gasteiger partial charge >= 0.3 is 6.18 Å². The van der Waals surface area contributed by atoms with Crippen molar-refractivity contribution in [2.24, 2.45) is 4.99 Å². The van der Waals surface area contributed by atoms with E-state index in [4.69, 9.17) is 0 Å². The fraction of sp³-hybridized carbons (Fsp3) is 0.467. The maximum atomic E-state index is 12.2. The number of nitrogens with zero attached hydrogens (tertiary/aromatic N) is 2. The molecule has 1 rings (SSSR count). The van der Waals surface area contributed by atoms with Gasteiger partial charge in [-0.3, -0.25) is 9.79 Å². The summed E-state index contributed by atoms with van der Waals surface area (Å²) in [5, 5.41) is 5.71. The molecule has 128 valence electrons. The average molecular weight is 330 g/mol. The molecule has 0 fully saturated rings. The molecular weight excluding hydrogens is 309 g/mol. The number of likely N-dealkylation sites (N-methyl/N-ethyl adjacent to an activating group) is 1. The number of nitrogens with one attached hydrogen (secondary N) is 2. The average Bonchev–Trinajstić information content (AvgIpc) is 2.49. The van der Waals surface area contributed by atoms with Crippen LogP contribution in [-0.2, 0) is 11.2 Å². The highest BCUT2D eigenvalue weighted by Gasteiger charge is 2.31. The number of guanidine groups is 1. The zero-order chi connectivity index (χ0) is 17.3. The second-order valence-electron chi connectivity index (χ2n) is 4.95. The molecule has 23 heavy (non-hydrogen) atoms. The molecule has 0 radical (unpaired) electrons. The number of halogens is 3. The number of carbonyl (C=O) groups excluding carboxylic acids is 1. The van der Waals surface area contributed by atoms with E-state index in [0.717, 1.165) is 19.0 Å². The Hall–Kier alpha value is -2.25. The molecule has 0 aliphatic carbocycles. The van der Waals surface area contributed by atoms with Gasteiger partial charge in [-0.25, -0.2) is 0 Å². The first-order valence-electron chi connectivity index (χ1n) is 7.11. The molecule has 8 heteroatoms. The van der Waals surface area contributed by atoms with E-state index in [1.54, 1.807) is 0 Å². The lowest BCUT2D eigenvalue weighted by Crippen LogP contribution is -2.45. The van der Waals surface area contributed by atoms with Gasteiger partial charge < -0.3 is 15.5 Å². The van der Waals surface area contributed by atoms with Gasteiger partial charge in [0.25, 0.3) is 0 Å². The van der Waals surface area contributed by atoms with Crippen molar-refractivity contribution in [1.29, 1.82) is 0 Å². The Kier molecular flexibility index (Phi) is 7.37. The molecule has 0 aliphatic heterocycles. The Morgan fingerprint density at radius 2 is 1.87 bits per heavy atom. The largest absolute Gasteiger partial charge is 0.406 e. The number of hydrogen-bond donors (Lipinski definition) is 2. The summed E-state index contributed by atoms with van der Waals surface area (Å²) < 4.78 is 36.6. The van der Waals surface area contributed by atoms with E-state index < -0.39 is 18.6 Å². The SMILES string of the molecule is CN=C(NCCc1ccccc1)NCC(=O)N(C)CC(F)(F)F. The predicted octanol–water partition coefficient (Wildman–Crippen LogP) is 1.41. The van der Waals surface area contributed by atoms with Crippen molar-refractivity contribution < 1.29 is 18.0 Å². The van der Waals surface area contributed by atoms with Crippen LogP contribution >= 0.6 is 0 Å². The summed E-state index contributed by atoms with van der Waals surface area (Å²) >= 11 is 0. The first-order valence-corrected chi connectivity index (χ1v) is 7.11. The molecule has 5 nitrogen and oxygen atoms in total. The lowest BCUT2D eigenvalue weighted by atomic mass is 10.1. The van der Waals surface area contributed by atoms with Gasteiger partial charge in [0.05, 0.1) is 6.54 Å². The molecular formula is C15H21F3N4O. The van der Waals surface area contributed by atoms with Crippen LogP contribution in [0.25, 0.3) is 0 Å². The summed E-state index contributed by atoms with van der Waals surface area (Å²) in [6.45, 7) is -0.929. The smallest absolute Gasteiger partial charge is 0.356 e. The molecule has 0 saturated carbocycles. The lowest BCUT2D eigenvalue weighted by Gasteiger charge is -2.20. The second kappa shape index (κ2) is 9.02. The maximum absolute atomic E-state index is 12.2. The van der Waals surface area contributed by atoms with Gasteiger partial charge in [-0.15, -0.1) is 0 Å². The standard InChI is InChI=1S/C15H21F3N4O/c1-19-14(20-9-8-12-6-4-3-5-7-12)21-10-13(23)22(2)11-15(16,17)18/h3-7H,8-11H2,1-2H3,(H2,19,20,21). The molecule has 0 spiro atoms. The molecule has 0 heterocycles. The van der Waals surface area contributed by atoms with E-state index in [-0.39, 0.29) is 6.54 Å². The van der Waals surface area contributed by atoms with Crippen molar-refractivity contribution in [2.75, 3.05) is 33.7 Å². The van der Waals surface area contributed by atoms with Gasteiger partial charge in [0.1, 0.15) is 6.54 Å². The Labute approximate surface area is 133 Å². The molecule has 2 N–H and O–H groups in total.